The van der Waals surface area contributed by atoms with Crippen molar-refractivity contribution in [2.45, 2.75) is 31.8 Å². The van der Waals surface area contributed by atoms with Crippen LogP contribution in [-0.4, -0.2) is 21.6 Å². The van der Waals surface area contributed by atoms with Crippen LogP contribution in [0.5, 0.6) is 0 Å². The van der Waals surface area contributed by atoms with Gasteiger partial charge in [0.05, 0.1) is 18.0 Å². The lowest BCUT2D eigenvalue weighted by atomic mass is 10.0. The predicted octanol–water partition coefficient (Wildman–Crippen LogP) is 2.52. The van der Waals surface area contributed by atoms with Crippen LogP contribution < -0.4 is 5.32 Å². The van der Waals surface area contributed by atoms with Crippen molar-refractivity contribution in [3.8, 4) is 0 Å². The van der Waals surface area contributed by atoms with E-state index in [9.17, 15) is 14.0 Å². The van der Waals surface area contributed by atoms with Crippen LogP contribution in [0.1, 0.15) is 40.5 Å². The monoisotopic (exact) mass is 316 g/mol. The third kappa shape index (κ3) is 3.41. The number of fused-ring (bicyclic) bond motifs is 1. The molecular formula is C17H17FN2O3. The fourth-order valence-electron chi connectivity index (χ4n) is 2.89. The number of benzene rings is 1. The summed E-state index contributed by atoms with van der Waals surface area (Å²) in [6.07, 6.45) is 3.56. The van der Waals surface area contributed by atoms with Gasteiger partial charge in [-0.3, -0.25) is 9.59 Å². The Morgan fingerprint density at radius 1 is 1.30 bits per heavy atom. The van der Waals surface area contributed by atoms with E-state index in [4.69, 9.17) is 5.11 Å². The highest BCUT2D eigenvalue weighted by Crippen LogP contribution is 2.21. The van der Waals surface area contributed by atoms with Crippen LogP contribution >= 0.6 is 0 Å². The van der Waals surface area contributed by atoms with Crippen molar-refractivity contribution in [1.29, 1.82) is 0 Å². The molecule has 2 N–H and O–H groups in total. The van der Waals surface area contributed by atoms with Crippen LogP contribution in [-0.2, 0) is 17.8 Å². The number of hydrogen-bond acceptors (Lipinski definition) is 2. The Morgan fingerprint density at radius 3 is 2.70 bits per heavy atom. The lowest BCUT2D eigenvalue weighted by Crippen LogP contribution is -2.30. The first kappa shape index (κ1) is 15.3. The number of carbonyl (C=O) groups excluding carboxylic acids is 1. The molecule has 0 aliphatic carbocycles. The number of carboxylic acid groups (broad SMARTS) is 1. The number of nitrogens with zero attached hydrogens (tertiary/aromatic N) is 1. The average Bonchev–Trinajstić information content (AvgIpc) is 3.08. The maximum absolute atomic E-state index is 13.0. The molecule has 3 rings (SSSR count). The van der Waals surface area contributed by atoms with Crippen molar-refractivity contribution >= 4 is 11.9 Å². The van der Waals surface area contributed by atoms with Gasteiger partial charge in [0.2, 0.25) is 0 Å². The highest BCUT2D eigenvalue weighted by Gasteiger charge is 2.21. The number of halogens is 1. The molecule has 1 amide bonds. The van der Waals surface area contributed by atoms with Gasteiger partial charge in [-0.1, -0.05) is 12.1 Å². The summed E-state index contributed by atoms with van der Waals surface area (Å²) >= 11 is 0. The first-order valence-electron chi connectivity index (χ1n) is 7.50. The number of carbonyl (C=O) groups is 2. The zero-order valence-electron chi connectivity index (χ0n) is 12.5. The number of aromatic nitrogens is 1. The Labute approximate surface area is 132 Å². The van der Waals surface area contributed by atoms with Crippen LogP contribution in [0.4, 0.5) is 4.39 Å². The van der Waals surface area contributed by atoms with Crippen LogP contribution in [0, 0.1) is 5.82 Å². The molecule has 5 nitrogen and oxygen atoms in total. The molecule has 1 unspecified atom stereocenters. The first-order chi connectivity index (χ1) is 11.0. The van der Waals surface area contributed by atoms with E-state index in [2.05, 4.69) is 5.32 Å². The molecule has 0 saturated carbocycles. The van der Waals surface area contributed by atoms with Crippen molar-refractivity contribution in [2.24, 2.45) is 0 Å². The molecule has 1 aliphatic heterocycles. The zero-order chi connectivity index (χ0) is 16.4. The molecule has 120 valence electrons. The van der Waals surface area contributed by atoms with Gasteiger partial charge in [0.15, 0.2) is 0 Å². The van der Waals surface area contributed by atoms with E-state index in [1.807, 2.05) is 10.6 Å². The topological polar surface area (TPSA) is 71.3 Å². The maximum atomic E-state index is 13.0. The maximum Gasteiger partial charge on any atom is 0.305 e. The van der Waals surface area contributed by atoms with Gasteiger partial charge in [-0.2, -0.15) is 0 Å². The van der Waals surface area contributed by atoms with Gasteiger partial charge in [-0.25, -0.2) is 4.39 Å². The quantitative estimate of drug-likeness (QED) is 0.890. The second kappa shape index (κ2) is 6.24. The van der Waals surface area contributed by atoms with Gasteiger partial charge >= 0.3 is 5.97 Å². The fraction of sp³-hybridized carbons (Fsp3) is 0.294. The molecule has 0 saturated heterocycles. The molecule has 1 aromatic heterocycles. The number of hydrogen-bond donors (Lipinski definition) is 2. The lowest BCUT2D eigenvalue weighted by Gasteiger charge is -2.17. The Hall–Kier alpha value is -2.63. The summed E-state index contributed by atoms with van der Waals surface area (Å²) in [4.78, 5) is 23.4. The van der Waals surface area contributed by atoms with Crippen molar-refractivity contribution < 1.29 is 19.1 Å². The Morgan fingerprint density at radius 2 is 2.04 bits per heavy atom. The van der Waals surface area contributed by atoms with Gasteiger partial charge in [-0.05, 0) is 36.6 Å². The average molecular weight is 316 g/mol. The second-order valence-corrected chi connectivity index (χ2v) is 5.69. The van der Waals surface area contributed by atoms with E-state index in [1.165, 1.54) is 24.3 Å². The largest absolute Gasteiger partial charge is 0.481 e. The van der Waals surface area contributed by atoms with Gasteiger partial charge in [0, 0.05) is 18.4 Å². The molecule has 1 aromatic carbocycles. The number of aliphatic carboxylic acids is 1. The fourth-order valence-corrected chi connectivity index (χ4v) is 2.89. The van der Waals surface area contributed by atoms with Crippen molar-refractivity contribution in [3.05, 3.63) is 59.2 Å². The third-order valence-corrected chi connectivity index (χ3v) is 4.04. The normalized spacial score (nSPS) is 14.3. The summed E-state index contributed by atoms with van der Waals surface area (Å²) in [6.45, 7) is 0.902. The highest BCUT2D eigenvalue weighted by atomic mass is 19.1. The van der Waals surface area contributed by atoms with Gasteiger partial charge < -0.3 is 15.0 Å². The van der Waals surface area contributed by atoms with E-state index in [0.29, 0.717) is 11.1 Å². The standard InChI is InChI=1S/C17H17FN2O3/c18-13-5-3-11(4-6-13)15(9-16(21)22)19-17(23)12-8-14-2-1-7-20(14)10-12/h3-6,8,10,15H,1-2,7,9H2,(H,19,23)(H,21,22). The summed E-state index contributed by atoms with van der Waals surface area (Å²) in [5, 5.41) is 11.8. The van der Waals surface area contributed by atoms with E-state index < -0.39 is 17.8 Å². The number of nitrogens with one attached hydrogen (secondary N) is 1. The molecule has 1 aliphatic rings. The van der Waals surface area contributed by atoms with Gasteiger partial charge in [-0.15, -0.1) is 0 Å². The summed E-state index contributed by atoms with van der Waals surface area (Å²) in [5.74, 6) is -1.75. The second-order valence-electron chi connectivity index (χ2n) is 5.69. The molecule has 0 fully saturated rings. The zero-order valence-corrected chi connectivity index (χ0v) is 12.5. The van der Waals surface area contributed by atoms with Crippen LogP contribution in [0.25, 0.3) is 0 Å². The van der Waals surface area contributed by atoms with E-state index in [1.54, 1.807) is 6.20 Å². The van der Waals surface area contributed by atoms with E-state index >= 15 is 0 Å². The molecule has 0 bridgehead atoms. The smallest absolute Gasteiger partial charge is 0.305 e. The Balaban J connectivity index is 1.78. The summed E-state index contributed by atoms with van der Waals surface area (Å²) in [7, 11) is 0. The number of aryl methyl sites for hydroxylation is 2. The Bertz CT molecular complexity index is 715. The van der Waals surface area contributed by atoms with Gasteiger partial charge in [0.1, 0.15) is 5.82 Å². The van der Waals surface area contributed by atoms with Crippen LogP contribution in [0.3, 0.4) is 0 Å². The molecule has 0 spiro atoms. The molecule has 23 heavy (non-hydrogen) atoms. The third-order valence-electron chi connectivity index (χ3n) is 4.04. The molecule has 2 aromatic rings. The van der Waals surface area contributed by atoms with Crippen molar-refractivity contribution in [3.63, 3.8) is 0 Å². The SMILES string of the molecule is O=C(O)CC(NC(=O)c1cc2n(c1)CCC2)c1ccc(F)cc1. The number of rotatable bonds is 5. The van der Waals surface area contributed by atoms with Crippen LogP contribution in [0.15, 0.2) is 36.5 Å². The highest BCUT2D eigenvalue weighted by molar-refractivity contribution is 5.94. The minimum absolute atomic E-state index is 0.259. The molecule has 6 heteroatoms. The Kier molecular flexibility index (Phi) is 4.14. The minimum Gasteiger partial charge on any atom is -0.481 e. The number of amides is 1. The van der Waals surface area contributed by atoms with Crippen molar-refractivity contribution in [2.75, 3.05) is 0 Å². The van der Waals surface area contributed by atoms with Crippen LogP contribution in [0.2, 0.25) is 0 Å². The lowest BCUT2D eigenvalue weighted by molar-refractivity contribution is -0.137. The molecule has 1 atom stereocenters. The van der Waals surface area contributed by atoms with E-state index in [0.717, 1.165) is 25.1 Å². The number of carboxylic acids is 1. The molecule has 2 heterocycles. The first-order valence-corrected chi connectivity index (χ1v) is 7.50. The summed E-state index contributed by atoms with van der Waals surface area (Å²) in [6, 6.07) is 6.62. The van der Waals surface area contributed by atoms with E-state index in [-0.39, 0.29) is 12.3 Å². The minimum atomic E-state index is -1.03. The predicted molar refractivity (Wildman–Crippen MR) is 81.6 cm³/mol. The summed E-state index contributed by atoms with van der Waals surface area (Å²) in [5.41, 5.74) is 2.21. The summed E-state index contributed by atoms with van der Waals surface area (Å²) < 4.78 is 15.1. The molecular weight excluding hydrogens is 299 g/mol. The van der Waals surface area contributed by atoms with Crippen molar-refractivity contribution in [1.82, 2.24) is 9.88 Å². The van der Waals surface area contributed by atoms with Gasteiger partial charge in [0.25, 0.3) is 5.91 Å². The molecule has 0 radical (unpaired) electrons.